The van der Waals surface area contributed by atoms with E-state index in [1.807, 2.05) is 36.5 Å². The first-order valence-electron chi connectivity index (χ1n) is 41.7. The molecule has 3 N–H and O–H groups in total. The minimum absolute atomic E-state index is 0.0277. The first-order valence-corrected chi connectivity index (χ1v) is 44.7. The van der Waals surface area contributed by atoms with Crippen LogP contribution in [0.3, 0.4) is 0 Å². The van der Waals surface area contributed by atoms with Gasteiger partial charge >= 0.3 is 39.5 Å². The number of ether oxygens (including phenoxy) is 4. The van der Waals surface area contributed by atoms with Crippen LogP contribution in [0.1, 0.15) is 297 Å². The molecule has 0 aliphatic carbocycles. The minimum atomic E-state index is -5.02. The summed E-state index contributed by atoms with van der Waals surface area (Å²) >= 11 is 0. The van der Waals surface area contributed by atoms with Crippen molar-refractivity contribution in [3.8, 4) is 0 Å². The van der Waals surface area contributed by atoms with Crippen LogP contribution in [0.25, 0.3) is 0 Å². The van der Waals surface area contributed by atoms with E-state index < -0.39 is 97.5 Å². The van der Waals surface area contributed by atoms with Gasteiger partial charge < -0.3 is 33.8 Å². The van der Waals surface area contributed by atoms with Crippen LogP contribution in [0.4, 0.5) is 0 Å². The molecular formula is C91H146O17P2. The summed E-state index contributed by atoms with van der Waals surface area (Å²) in [6.07, 6.45) is 100. The number of rotatable bonds is 76. The van der Waals surface area contributed by atoms with Gasteiger partial charge in [0, 0.05) is 25.7 Å². The number of hydrogen-bond donors (Lipinski definition) is 3. The van der Waals surface area contributed by atoms with Gasteiger partial charge in [0.05, 0.1) is 26.4 Å². The molecule has 0 spiro atoms. The molecule has 0 aliphatic rings. The molecule has 110 heavy (non-hydrogen) atoms. The third-order valence-electron chi connectivity index (χ3n) is 16.5. The SMILES string of the molecule is CC/C=C\C/C=C\C/C=C\C/C=C\C/C=C\CCCCCC(=O)OC[C@H](COP(=O)(O)OC[C@@H](O)COP(=O)(O)OC[C@@H](COC(=O)CC/C=C\C/C=C\C/C=C\C/C=C\C/C=C\CCCCC)OC(=O)CCCCCCC/C=C\CCCCCC)OC(=O)CC/C=C\C/C=C\C/C=C\C/C=C\C/C=C\CCCCC. The summed E-state index contributed by atoms with van der Waals surface area (Å²) in [4.78, 5) is 73.1. The van der Waals surface area contributed by atoms with E-state index in [-0.39, 0.29) is 25.7 Å². The van der Waals surface area contributed by atoms with Crippen LogP contribution in [0.5, 0.6) is 0 Å². The fourth-order valence-electron chi connectivity index (χ4n) is 10.2. The molecule has 0 aliphatic heterocycles. The van der Waals surface area contributed by atoms with Gasteiger partial charge in [0.15, 0.2) is 12.2 Å². The van der Waals surface area contributed by atoms with Gasteiger partial charge in [-0.15, -0.1) is 0 Å². The molecule has 0 amide bonds. The Kier molecular flexibility index (Phi) is 76.4. The van der Waals surface area contributed by atoms with Gasteiger partial charge in [0.25, 0.3) is 0 Å². The van der Waals surface area contributed by atoms with Gasteiger partial charge in [-0.3, -0.25) is 37.3 Å². The highest BCUT2D eigenvalue weighted by molar-refractivity contribution is 7.47. The molecule has 2 unspecified atom stereocenters. The Morgan fingerprint density at radius 1 is 0.264 bits per heavy atom. The summed E-state index contributed by atoms with van der Waals surface area (Å²) in [6, 6.07) is 0. The molecule has 0 saturated carbocycles. The Hall–Kier alpha value is -6.10. The maximum Gasteiger partial charge on any atom is 0.472 e. The zero-order valence-electron chi connectivity index (χ0n) is 68.1. The zero-order valence-corrected chi connectivity index (χ0v) is 69.9. The molecule has 0 rings (SSSR count). The topological polar surface area (TPSA) is 237 Å². The summed E-state index contributed by atoms with van der Waals surface area (Å²) in [5.41, 5.74) is 0. The molecule has 622 valence electrons. The van der Waals surface area contributed by atoms with Crippen molar-refractivity contribution in [3.63, 3.8) is 0 Å². The normalized spacial score (nSPS) is 14.8. The van der Waals surface area contributed by atoms with Gasteiger partial charge in [0.2, 0.25) is 0 Å². The van der Waals surface area contributed by atoms with E-state index in [2.05, 4.69) is 186 Å². The molecule has 17 nitrogen and oxygen atoms in total. The number of aliphatic hydroxyl groups is 1. The van der Waals surface area contributed by atoms with Crippen LogP contribution in [0.2, 0.25) is 0 Å². The molecule has 0 radical (unpaired) electrons. The van der Waals surface area contributed by atoms with Crippen molar-refractivity contribution in [2.24, 2.45) is 0 Å². The van der Waals surface area contributed by atoms with Crippen molar-refractivity contribution in [2.45, 2.75) is 316 Å². The molecule has 5 atom stereocenters. The Morgan fingerprint density at radius 3 is 0.836 bits per heavy atom. The maximum absolute atomic E-state index is 13.1. The second-order valence-electron chi connectivity index (χ2n) is 27.0. The first kappa shape index (κ1) is 104. The minimum Gasteiger partial charge on any atom is -0.462 e. The van der Waals surface area contributed by atoms with Crippen LogP contribution in [-0.4, -0.2) is 96.7 Å². The van der Waals surface area contributed by atoms with E-state index in [9.17, 15) is 43.2 Å². The monoisotopic (exact) mass is 1570 g/mol. The average molecular weight is 1570 g/mol. The third kappa shape index (κ3) is 80.0. The second kappa shape index (κ2) is 80.9. The molecule has 0 bridgehead atoms. The molecule has 0 saturated heterocycles. The van der Waals surface area contributed by atoms with Gasteiger partial charge in [-0.05, 0) is 173 Å². The Morgan fingerprint density at radius 2 is 0.491 bits per heavy atom. The Labute approximate surface area is 666 Å². The van der Waals surface area contributed by atoms with Crippen molar-refractivity contribution < 1.29 is 80.2 Å². The number of esters is 4. The van der Waals surface area contributed by atoms with Crippen molar-refractivity contribution in [2.75, 3.05) is 39.6 Å². The largest absolute Gasteiger partial charge is 0.472 e. The number of hydrogen-bond acceptors (Lipinski definition) is 15. The lowest BCUT2D eigenvalue weighted by molar-refractivity contribution is -0.161. The number of phosphoric acid groups is 2. The van der Waals surface area contributed by atoms with E-state index in [1.54, 1.807) is 0 Å². The van der Waals surface area contributed by atoms with Crippen LogP contribution in [0, 0.1) is 0 Å². The lowest BCUT2D eigenvalue weighted by Gasteiger charge is -2.21. The third-order valence-corrected chi connectivity index (χ3v) is 18.4. The van der Waals surface area contributed by atoms with Crippen molar-refractivity contribution >= 4 is 39.5 Å². The van der Waals surface area contributed by atoms with E-state index >= 15 is 0 Å². The number of carbonyl (C=O) groups is 4. The van der Waals surface area contributed by atoms with Gasteiger partial charge in [-0.25, -0.2) is 9.13 Å². The summed E-state index contributed by atoms with van der Waals surface area (Å²) in [5, 5.41) is 10.7. The highest BCUT2D eigenvalue weighted by Gasteiger charge is 2.30. The predicted molar refractivity (Wildman–Crippen MR) is 454 cm³/mol. The summed E-state index contributed by atoms with van der Waals surface area (Å²) in [7, 11) is -10.0. The van der Waals surface area contributed by atoms with Crippen molar-refractivity contribution in [1.29, 1.82) is 0 Å². The van der Waals surface area contributed by atoms with E-state index in [4.69, 9.17) is 37.0 Å². The van der Waals surface area contributed by atoms with Gasteiger partial charge in [-0.2, -0.15) is 0 Å². The number of allylic oxidation sites excluding steroid dienone is 32. The van der Waals surface area contributed by atoms with Crippen LogP contribution >= 0.6 is 15.6 Å². The second-order valence-corrected chi connectivity index (χ2v) is 29.9. The van der Waals surface area contributed by atoms with E-state index in [0.29, 0.717) is 38.5 Å². The van der Waals surface area contributed by atoms with Crippen LogP contribution < -0.4 is 0 Å². The number of unbranched alkanes of at least 4 members (excludes halogenated alkanes) is 18. The maximum atomic E-state index is 13.1. The number of carbonyl (C=O) groups excluding carboxylic acids is 4. The highest BCUT2D eigenvalue weighted by Crippen LogP contribution is 2.45. The Bertz CT molecular complexity index is 2850. The fourth-order valence-corrected chi connectivity index (χ4v) is 11.8. The molecule has 19 heteroatoms. The smallest absolute Gasteiger partial charge is 0.462 e. The first-order chi connectivity index (χ1) is 53.7. The molecule has 0 aromatic heterocycles. The summed E-state index contributed by atoms with van der Waals surface area (Å²) in [5.74, 6) is -2.43. The molecule has 0 fully saturated rings. The summed E-state index contributed by atoms with van der Waals surface area (Å²) in [6.45, 7) is 4.45. The van der Waals surface area contributed by atoms with E-state index in [1.165, 1.54) is 64.2 Å². The average Bonchev–Trinajstić information content (AvgIpc) is 0.900. The van der Waals surface area contributed by atoms with Gasteiger partial charge in [-0.1, -0.05) is 293 Å². The van der Waals surface area contributed by atoms with E-state index in [0.717, 1.165) is 141 Å². The standard InChI is InChI=1S/C91H146O17P2/c1-5-9-13-17-21-25-29-33-36-39-42-45-48-52-55-59-63-67-71-75-88(93)101-81-86(107-90(95)77-73-69-65-61-57-51-32-28-24-20-16-12-8-4)83-105-109(97,98)103-79-85(92)80-104-110(99,100)106-84-87(108-91(96)78-74-70-66-62-58-54-50-47-44-41-38-35-31-27-23-19-15-11-7-3)82-102-89(94)76-72-68-64-60-56-53-49-46-43-40-37-34-30-26-22-18-14-10-6-2/h10,14,21-23,25-28,32-38,42-47,52-56,58,63,66-67,70,85-87,92H,5-9,11-13,15-20,24,29-31,39-41,48-51,57,59-62,64-65,68-69,71-84H2,1-4H3,(H,97,98)(H,99,100)/b14-10-,25-21-,26-22-,27-23-,32-28-,36-33-,37-34-,38-35-,45-42-,46-43-,47-44-,55-52-,56-53-,58-54-,67-63-,70-66-/t85-,86+,87+/m0/s1. The lowest BCUT2D eigenvalue weighted by atomic mass is 10.1. The van der Waals surface area contributed by atoms with Crippen LogP contribution in [-0.2, 0) is 65.4 Å². The van der Waals surface area contributed by atoms with Crippen LogP contribution in [0.15, 0.2) is 194 Å². The van der Waals surface area contributed by atoms with Crippen molar-refractivity contribution in [1.82, 2.24) is 0 Å². The number of aliphatic hydroxyl groups excluding tert-OH is 1. The number of phosphoric ester groups is 2. The molecule has 0 heterocycles. The predicted octanol–water partition coefficient (Wildman–Crippen LogP) is 24.9. The fraction of sp³-hybridized carbons (Fsp3) is 0.604. The quantitative estimate of drug-likeness (QED) is 0.0169. The Balaban J connectivity index is 5.55. The molecule has 0 aromatic rings. The molecular weight excluding hydrogens is 1430 g/mol. The zero-order chi connectivity index (χ0) is 80.3. The molecule has 0 aromatic carbocycles. The highest BCUT2D eigenvalue weighted by atomic mass is 31.2. The summed E-state index contributed by atoms with van der Waals surface area (Å²) < 4.78 is 68.5. The lowest BCUT2D eigenvalue weighted by Crippen LogP contribution is -2.30. The van der Waals surface area contributed by atoms with Crippen molar-refractivity contribution in [3.05, 3.63) is 194 Å². The van der Waals surface area contributed by atoms with Gasteiger partial charge in [0.1, 0.15) is 19.3 Å².